The summed E-state index contributed by atoms with van der Waals surface area (Å²) in [6.45, 7) is 3.97. The largest absolute Gasteiger partial charge is 0.395 e. The van der Waals surface area contributed by atoms with Crippen LogP contribution in [0, 0.1) is 0 Å². The van der Waals surface area contributed by atoms with Crippen molar-refractivity contribution >= 4 is 21.6 Å². The van der Waals surface area contributed by atoms with Crippen molar-refractivity contribution in [1.29, 1.82) is 0 Å². The third-order valence-corrected chi connectivity index (χ3v) is 2.64. The van der Waals surface area contributed by atoms with Crippen molar-refractivity contribution < 1.29 is 5.11 Å². The van der Waals surface area contributed by atoms with Crippen LogP contribution in [0.25, 0.3) is 0 Å². The van der Waals surface area contributed by atoms with Gasteiger partial charge in [0, 0.05) is 23.8 Å². The number of hydrogen-bond donors (Lipinski definition) is 1. The topological polar surface area (TPSA) is 36.4 Å². The van der Waals surface area contributed by atoms with Gasteiger partial charge in [-0.15, -0.1) is 0 Å². The Bertz CT molecular complexity index is 294. The van der Waals surface area contributed by atoms with Crippen LogP contribution < -0.4 is 4.90 Å². The number of rotatable bonds is 6. The molecular formula is C11H17BrN2O. The average molecular weight is 273 g/mol. The van der Waals surface area contributed by atoms with Crippen molar-refractivity contribution in [2.24, 2.45) is 0 Å². The first-order chi connectivity index (χ1) is 7.27. The van der Waals surface area contributed by atoms with Gasteiger partial charge in [0.25, 0.3) is 0 Å². The first-order valence-corrected chi connectivity index (χ1v) is 6.03. The minimum Gasteiger partial charge on any atom is -0.395 e. The van der Waals surface area contributed by atoms with E-state index in [-0.39, 0.29) is 6.61 Å². The quantitative estimate of drug-likeness (QED) is 0.864. The fraction of sp³-hybridized carbons (Fsp3) is 0.545. The summed E-state index contributed by atoms with van der Waals surface area (Å²) in [6.07, 6.45) is 5.88. The van der Waals surface area contributed by atoms with Gasteiger partial charge in [0.15, 0.2) is 0 Å². The Labute approximate surface area is 99.3 Å². The van der Waals surface area contributed by atoms with E-state index in [0.717, 1.165) is 29.5 Å². The van der Waals surface area contributed by atoms with Crippen molar-refractivity contribution in [2.75, 3.05) is 24.6 Å². The second-order valence-electron chi connectivity index (χ2n) is 3.43. The maximum atomic E-state index is 8.99. The molecule has 1 aromatic heterocycles. The van der Waals surface area contributed by atoms with Gasteiger partial charge in [-0.3, -0.25) is 4.98 Å². The van der Waals surface area contributed by atoms with E-state index < -0.39 is 0 Å². The third kappa shape index (κ3) is 4.18. The van der Waals surface area contributed by atoms with Crippen molar-refractivity contribution in [3.05, 3.63) is 22.9 Å². The minimum absolute atomic E-state index is 0.177. The van der Waals surface area contributed by atoms with Crippen LogP contribution in [0.2, 0.25) is 0 Å². The molecule has 84 valence electrons. The number of aliphatic hydroxyl groups excluding tert-OH is 1. The Morgan fingerprint density at radius 3 is 2.80 bits per heavy atom. The summed E-state index contributed by atoms with van der Waals surface area (Å²) >= 11 is 3.40. The number of halogens is 1. The molecule has 1 N–H and O–H groups in total. The van der Waals surface area contributed by atoms with Gasteiger partial charge in [-0.2, -0.15) is 0 Å². The summed E-state index contributed by atoms with van der Waals surface area (Å²) < 4.78 is 0.972. The molecule has 0 aromatic carbocycles. The van der Waals surface area contributed by atoms with E-state index in [1.54, 1.807) is 6.20 Å². The molecule has 0 aliphatic rings. The summed E-state index contributed by atoms with van der Waals surface area (Å²) in [5.41, 5.74) is 1.06. The van der Waals surface area contributed by atoms with Crippen LogP contribution in [0.3, 0.4) is 0 Å². The van der Waals surface area contributed by atoms with Crippen molar-refractivity contribution in [2.45, 2.75) is 19.8 Å². The molecule has 1 heterocycles. The van der Waals surface area contributed by atoms with Gasteiger partial charge in [0.05, 0.1) is 18.5 Å². The maximum Gasteiger partial charge on any atom is 0.0606 e. The molecule has 0 aliphatic carbocycles. The fourth-order valence-electron chi connectivity index (χ4n) is 1.41. The zero-order valence-electron chi connectivity index (χ0n) is 8.99. The van der Waals surface area contributed by atoms with Crippen molar-refractivity contribution in [1.82, 2.24) is 4.98 Å². The number of pyridine rings is 1. The van der Waals surface area contributed by atoms with Crippen molar-refractivity contribution in [3.63, 3.8) is 0 Å². The zero-order valence-corrected chi connectivity index (χ0v) is 10.6. The number of aromatic nitrogens is 1. The Morgan fingerprint density at radius 1 is 1.40 bits per heavy atom. The minimum atomic E-state index is 0.177. The van der Waals surface area contributed by atoms with Gasteiger partial charge < -0.3 is 10.0 Å². The van der Waals surface area contributed by atoms with Gasteiger partial charge in [0.1, 0.15) is 0 Å². The van der Waals surface area contributed by atoms with Gasteiger partial charge in [-0.05, 0) is 28.4 Å². The lowest BCUT2D eigenvalue weighted by Gasteiger charge is -2.23. The Kier molecular flexibility index (Phi) is 5.65. The first kappa shape index (κ1) is 12.5. The van der Waals surface area contributed by atoms with Crippen LogP contribution >= 0.6 is 15.9 Å². The highest BCUT2D eigenvalue weighted by Crippen LogP contribution is 2.18. The second kappa shape index (κ2) is 6.80. The van der Waals surface area contributed by atoms with E-state index in [9.17, 15) is 0 Å². The normalized spacial score (nSPS) is 10.3. The molecule has 1 aromatic rings. The van der Waals surface area contributed by atoms with Crippen LogP contribution in [-0.2, 0) is 0 Å². The number of unbranched alkanes of at least 4 members (excludes halogenated alkanes) is 1. The summed E-state index contributed by atoms with van der Waals surface area (Å²) in [5.74, 6) is 0. The Balaban J connectivity index is 2.69. The summed E-state index contributed by atoms with van der Waals surface area (Å²) in [5, 5.41) is 8.99. The predicted molar refractivity (Wildman–Crippen MR) is 66.1 cm³/mol. The molecule has 1 rings (SSSR count). The maximum absolute atomic E-state index is 8.99. The molecular weight excluding hydrogens is 256 g/mol. The summed E-state index contributed by atoms with van der Waals surface area (Å²) in [4.78, 5) is 6.28. The van der Waals surface area contributed by atoms with E-state index in [0.29, 0.717) is 6.54 Å². The average Bonchev–Trinajstić information content (AvgIpc) is 2.24. The summed E-state index contributed by atoms with van der Waals surface area (Å²) in [6, 6.07) is 2.03. The Hall–Kier alpha value is -0.610. The van der Waals surface area contributed by atoms with Crippen LogP contribution in [0.1, 0.15) is 19.8 Å². The molecule has 4 heteroatoms. The molecule has 0 bridgehead atoms. The van der Waals surface area contributed by atoms with E-state index in [1.165, 1.54) is 0 Å². The van der Waals surface area contributed by atoms with Crippen LogP contribution in [0.4, 0.5) is 5.69 Å². The van der Waals surface area contributed by atoms with Crippen LogP contribution in [-0.4, -0.2) is 29.8 Å². The lowest BCUT2D eigenvalue weighted by atomic mass is 10.3. The van der Waals surface area contributed by atoms with E-state index in [4.69, 9.17) is 5.11 Å². The van der Waals surface area contributed by atoms with E-state index in [1.807, 2.05) is 12.3 Å². The van der Waals surface area contributed by atoms with E-state index in [2.05, 4.69) is 32.7 Å². The highest BCUT2D eigenvalue weighted by Gasteiger charge is 2.05. The first-order valence-electron chi connectivity index (χ1n) is 5.24. The molecule has 3 nitrogen and oxygen atoms in total. The fourth-order valence-corrected chi connectivity index (χ4v) is 1.77. The molecule has 0 fully saturated rings. The zero-order chi connectivity index (χ0) is 11.1. The molecule has 0 atom stereocenters. The van der Waals surface area contributed by atoms with Gasteiger partial charge in [0.2, 0.25) is 0 Å². The number of anilines is 1. The van der Waals surface area contributed by atoms with Gasteiger partial charge in [-0.25, -0.2) is 0 Å². The molecule has 0 saturated heterocycles. The standard InChI is InChI=1S/C11H17BrN2O/c1-2-3-4-14(5-6-15)11-7-10(12)8-13-9-11/h7-9,15H,2-6H2,1H3. The molecule has 0 amide bonds. The predicted octanol–water partition coefficient (Wildman–Crippen LogP) is 2.44. The van der Waals surface area contributed by atoms with Crippen LogP contribution in [0.15, 0.2) is 22.9 Å². The highest BCUT2D eigenvalue weighted by molar-refractivity contribution is 9.10. The molecule has 0 saturated carbocycles. The van der Waals surface area contributed by atoms with Crippen LogP contribution in [0.5, 0.6) is 0 Å². The smallest absolute Gasteiger partial charge is 0.0606 e. The lowest BCUT2D eigenvalue weighted by molar-refractivity contribution is 0.301. The Morgan fingerprint density at radius 2 is 2.20 bits per heavy atom. The van der Waals surface area contributed by atoms with Gasteiger partial charge in [-0.1, -0.05) is 13.3 Å². The van der Waals surface area contributed by atoms with Gasteiger partial charge >= 0.3 is 0 Å². The molecule has 0 spiro atoms. The van der Waals surface area contributed by atoms with Crippen molar-refractivity contribution in [3.8, 4) is 0 Å². The number of hydrogen-bond acceptors (Lipinski definition) is 3. The monoisotopic (exact) mass is 272 g/mol. The molecule has 0 radical (unpaired) electrons. The summed E-state index contributed by atoms with van der Waals surface area (Å²) in [7, 11) is 0. The SMILES string of the molecule is CCCCN(CCO)c1cncc(Br)c1. The second-order valence-corrected chi connectivity index (χ2v) is 4.34. The molecule has 0 aliphatic heterocycles. The number of nitrogens with zero attached hydrogens (tertiary/aromatic N) is 2. The van der Waals surface area contributed by atoms with E-state index >= 15 is 0 Å². The molecule has 0 unspecified atom stereocenters. The number of aliphatic hydroxyl groups is 1. The highest BCUT2D eigenvalue weighted by atomic mass is 79.9. The molecule has 15 heavy (non-hydrogen) atoms. The lowest BCUT2D eigenvalue weighted by Crippen LogP contribution is -2.27. The third-order valence-electron chi connectivity index (χ3n) is 2.21.